The third-order valence-electron chi connectivity index (χ3n) is 3.30. The lowest BCUT2D eigenvalue weighted by Crippen LogP contribution is -2.22. The fourth-order valence-corrected chi connectivity index (χ4v) is 2.20. The molecule has 2 aromatic rings. The molecule has 0 saturated carbocycles. The van der Waals surface area contributed by atoms with Gasteiger partial charge in [0.25, 0.3) is 0 Å². The lowest BCUT2D eigenvalue weighted by Gasteiger charge is -2.20. The summed E-state index contributed by atoms with van der Waals surface area (Å²) in [5, 5.41) is 3.56. The standard InChI is InChI=1S/C17H23NO2/c1-12(2)20-17-7-5-15(6-8-17)13(3)18-14(4)16-9-10-19-11-16/h5-14,18H,1-4H3. The van der Waals surface area contributed by atoms with Crippen LogP contribution in [0.2, 0.25) is 0 Å². The van der Waals surface area contributed by atoms with Crippen molar-refractivity contribution in [1.29, 1.82) is 0 Å². The van der Waals surface area contributed by atoms with E-state index >= 15 is 0 Å². The molecule has 0 aliphatic rings. The third-order valence-corrected chi connectivity index (χ3v) is 3.30. The van der Waals surface area contributed by atoms with Gasteiger partial charge in [0, 0.05) is 17.6 Å². The molecular weight excluding hydrogens is 250 g/mol. The minimum Gasteiger partial charge on any atom is -0.491 e. The van der Waals surface area contributed by atoms with Crippen LogP contribution in [0.5, 0.6) is 5.75 Å². The molecule has 20 heavy (non-hydrogen) atoms. The zero-order chi connectivity index (χ0) is 14.5. The van der Waals surface area contributed by atoms with Crippen molar-refractivity contribution in [2.24, 2.45) is 0 Å². The molecule has 2 atom stereocenters. The molecule has 1 heterocycles. The second-order valence-corrected chi connectivity index (χ2v) is 5.40. The summed E-state index contributed by atoms with van der Waals surface area (Å²) < 4.78 is 10.8. The van der Waals surface area contributed by atoms with Gasteiger partial charge in [-0.25, -0.2) is 0 Å². The highest BCUT2D eigenvalue weighted by molar-refractivity contribution is 5.29. The molecule has 1 aromatic carbocycles. The average Bonchev–Trinajstić information content (AvgIpc) is 2.92. The van der Waals surface area contributed by atoms with E-state index in [1.165, 1.54) is 5.56 Å². The Kier molecular flexibility index (Phi) is 4.85. The van der Waals surface area contributed by atoms with Crippen molar-refractivity contribution in [2.45, 2.75) is 45.9 Å². The smallest absolute Gasteiger partial charge is 0.119 e. The number of hydrogen-bond donors (Lipinski definition) is 1. The van der Waals surface area contributed by atoms with Crippen molar-refractivity contribution in [3.8, 4) is 5.75 Å². The third kappa shape index (κ3) is 3.87. The van der Waals surface area contributed by atoms with E-state index in [-0.39, 0.29) is 18.2 Å². The second kappa shape index (κ2) is 6.62. The number of benzene rings is 1. The summed E-state index contributed by atoms with van der Waals surface area (Å²) in [7, 11) is 0. The topological polar surface area (TPSA) is 34.4 Å². The predicted molar refractivity (Wildman–Crippen MR) is 80.9 cm³/mol. The highest BCUT2D eigenvalue weighted by Crippen LogP contribution is 2.22. The summed E-state index contributed by atoms with van der Waals surface area (Å²) >= 11 is 0. The molecule has 2 rings (SSSR count). The Balaban J connectivity index is 1.97. The van der Waals surface area contributed by atoms with E-state index in [2.05, 4.69) is 31.3 Å². The van der Waals surface area contributed by atoms with Gasteiger partial charge in [-0.3, -0.25) is 0 Å². The molecule has 0 bridgehead atoms. The van der Waals surface area contributed by atoms with Crippen molar-refractivity contribution in [1.82, 2.24) is 5.32 Å². The Hall–Kier alpha value is -1.74. The van der Waals surface area contributed by atoms with E-state index in [9.17, 15) is 0 Å². The summed E-state index contributed by atoms with van der Waals surface area (Å²) in [6.45, 7) is 8.36. The Labute approximate surface area is 121 Å². The molecule has 3 heteroatoms. The van der Waals surface area contributed by atoms with E-state index in [1.807, 2.05) is 32.0 Å². The van der Waals surface area contributed by atoms with Gasteiger partial charge in [0.2, 0.25) is 0 Å². The Morgan fingerprint density at radius 1 is 0.900 bits per heavy atom. The maximum atomic E-state index is 5.66. The molecule has 3 nitrogen and oxygen atoms in total. The first-order valence-electron chi connectivity index (χ1n) is 7.11. The molecule has 0 fully saturated rings. The van der Waals surface area contributed by atoms with Gasteiger partial charge in [-0.05, 0) is 51.5 Å². The summed E-state index contributed by atoms with van der Waals surface area (Å²) in [5.41, 5.74) is 2.41. The minimum absolute atomic E-state index is 0.206. The summed E-state index contributed by atoms with van der Waals surface area (Å²) in [6.07, 6.45) is 3.69. The zero-order valence-corrected chi connectivity index (χ0v) is 12.6. The lowest BCUT2D eigenvalue weighted by atomic mass is 10.1. The van der Waals surface area contributed by atoms with Crippen LogP contribution in [0.4, 0.5) is 0 Å². The average molecular weight is 273 g/mol. The Bertz CT molecular complexity index is 502. The first-order chi connectivity index (χ1) is 9.56. The fourth-order valence-electron chi connectivity index (χ4n) is 2.20. The van der Waals surface area contributed by atoms with Crippen molar-refractivity contribution in [2.75, 3.05) is 0 Å². The van der Waals surface area contributed by atoms with Crippen LogP contribution in [0, 0.1) is 0 Å². The molecule has 1 N–H and O–H groups in total. The van der Waals surface area contributed by atoms with Crippen LogP contribution in [0.15, 0.2) is 47.3 Å². The number of nitrogens with one attached hydrogen (secondary N) is 1. The molecule has 0 saturated heterocycles. The number of rotatable bonds is 6. The van der Waals surface area contributed by atoms with Gasteiger partial charge in [-0.15, -0.1) is 0 Å². The zero-order valence-electron chi connectivity index (χ0n) is 12.6. The quantitative estimate of drug-likeness (QED) is 0.842. The molecule has 0 aliphatic heterocycles. The second-order valence-electron chi connectivity index (χ2n) is 5.40. The number of furan rings is 1. The van der Waals surface area contributed by atoms with Crippen LogP contribution < -0.4 is 10.1 Å². The highest BCUT2D eigenvalue weighted by Gasteiger charge is 2.12. The maximum Gasteiger partial charge on any atom is 0.119 e. The first-order valence-corrected chi connectivity index (χ1v) is 7.11. The molecule has 1 aromatic heterocycles. The molecular formula is C17H23NO2. The van der Waals surface area contributed by atoms with Gasteiger partial charge < -0.3 is 14.5 Å². The molecule has 0 radical (unpaired) electrons. The van der Waals surface area contributed by atoms with Gasteiger partial charge in [-0.2, -0.15) is 0 Å². The normalized spacial score (nSPS) is 14.2. The first kappa shape index (κ1) is 14.7. The largest absolute Gasteiger partial charge is 0.491 e. The Morgan fingerprint density at radius 2 is 1.55 bits per heavy atom. The van der Waals surface area contributed by atoms with Crippen molar-refractivity contribution in [3.05, 3.63) is 54.0 Å². The highest BCUT2D eigenvalue weighted by atomic mass is 16.5. The van der Waals surface area contributed by atoms with Crippen LogP contribution in [0.3, 0.4) is 0 Å². The van der Waals surface area contributed by atoms with Gasteiger partial charge in [0.05, 0.1) is 18.6 Å². The summed E-state index contributed by atoms with van der Waals surface area (Å²) in [6, 6.07) is 10.8. The van der Waals surface area contributed by atoms with Gasteiger partial charge >= 0.3 is 0 Å². The van der Waals surface area contributed by atoms with Gasteiger partial charge in [-0.1, -0.05) is 12.1 Å². The van der Waals surface area contributed by atoms with Gasteiger partial charge in [0.1, 0.15) is 5.75 Å². The fraction of sp³-hybridized carbons (Fsp3) is 0.412. The minimum atomic E-state index is 0.206. The molecule has 2 unspecified atom stereocenters. The van der Waals surface area contributed by atoms with E-state index in [4.69, 9.17) is 9.15 Å². The van der Waals surface area contributed by atoms with E-state index in [0.29, 0.717) is 0 Å². The molecule has 0 aliphatic carbocycles. The SMILES string of the molecule is CC(C)Oc1ccc(C(C)NC(C)c2ccoc2)cc1. The number of ether oxygens (including phenoxy) is 1. The van der Waals surface area contributed by atoms with Crippen LogP contribution in [0.1, 0.15) is 50.9 Å². The van der Waals surface area contributed by atoms with E-state index in [1.54, 1.807) is 12.5 Å². The van der Waals surface area contributed by atoms with Crippen molar-refractivity contribution < 1.29 is 9.15 Å². The monoisotopic (exact) mass is 273 g/mol. The summed E-state index contributed by atoms with van der Waals surface area (Å²) in [4.78, 5) is 0. The lowest BCUT2D eigenvalue weighted by molar-refractivity contribution is 0.242. The maximum absolute atomic E-state index is 5.66. The molecule has 0 amide bonds. The summed E-state index contributed by atoms with van der Waals surface area (Å²) in [5.74, 6) is 0.916. The van der Waals surface area contributed by atoms with Gasteiger partial charge in [0.15, 0.2) is 0 Å². The van der Waals surface area contributed by atoms with Crippen LogP contribution in [-0.2, 0) is 0 Å². The van der Waals surface area contributed by atoms with Crippen molar-refractivity contribution in [3.63, 3.8) is 0 Å². The van der Waals surface area contributed by atoms with E-state index in [0.717, 1.165) is 11.3 Å². The van der Waals surface area contributed by atoms with Crippen LogP contribution in [0.25, 0.3) is 0 Å². The number of hydrogen-bond acceptors (Lipinski definition) is 3. The predicted octanol–water partition coefficient (Wildman–Crippen LogP) is 4.48. The molecule has 108 valence electrons. The van der Waals surface area contributed by atoms with Crippen molar-refractivity contribution >= 4 is 0 Å². The molecule has 0 spiro atoms. The van der Waals surface area contributed by atoms with Crippen LogP contribution in [-0.4, -0.2) is 6.10 Å². The Morgan fingerprint density at radius 3 is 2.10 bits per heavy atom. The van der Waals surface area contributed by atoms with Crippen LogP contribution >= 0.6 is 0 Å². The van der Waals surface area contributed by atoms with E-state index < -0.39 is 0 Å².